The molecule has 0 aliphatic heterocycles. The van der Waals surface area contributed by atoms with Gasteiger partial charge in [-0.1, -0.05) is 19.8 Å². The molecule has 1 rings (SSSR count). The standard InChI is InChI=1S/C14H28N2O/c1-5-14(8-6-7-9-14)11-15-10-13(17)16(4)12(2)3/h12,15H,5-11H2,1-4H3. The van der Waals surface area contributed by atoms with Gasteiger partial charge in [0.05, 0.1) is 6.54 Å². The number of carbonyl (C=O) groups excluding carboxylic acids is 1. The van der Waals surface area contributed by atoms with E-state index in [1.54, 1.807) is 4.90 Å². The Hall–Kier alpha value is -0.570. The fraction of sp³-hybridized carbons (Fsp3) is 0.929. The summed E-state index contributed by atoms with van der Waals surface area (Å²) in [6.45, 7) is 7.84. The first-order chi connectivity index (χ1) is 8.01. The van der Waals surface area contributed by atoms with Gasteiger partial charge in [-0.3, -0.25) is 4.79 Å². The van der Waals surface area contributed by atoms with Crippen molar-refractivity contribution in [1.29, 1.82) is 0 Å². The van der Waals surface area contributed by atoms with E-state index in [0.717, 1.165) is 6.54 Å². The van der Waals surface area contributed by atoms with Crippen molar-refractivity contribution in [1.82, 2.24) is 10.2 Å². The van der Waals surface area contributed by atoms with E-state index in [1.165, 1.54) is 32.1 Å². The second kappa shape index (κ2) is 6.39. The number of likely N-dealkylation sites (N-methyl/N-ethyl adjacent to an activating group) is 1. The highest BCUT2D eigenvalue weighted by Gasteiger charge is 2.31. The second-order valence-electron chi connectivity index (χ2n) is 5.76. The molecule has 1 aliphatic rings. The molecule has 0 unspecified atom stereocenters. The molecule has 1 fully saturated rings. The summed E-state index contributed by atoms with van der Waals surface area (Å²) in [5.74, 6) is 0.198. The number of nitrogens with zero attached hydrogens (tertiary/aromatic N) is 1. The van der Waals surface area contributed by atoms with E-state index in [9.17, 15) is 4.79 Å². The van der Waals surface area contributed by atoms with E-state index >= 15 is 0 Å². The Morgan fingerprint density at radius 3 is 2.41 bits per heavy atom. The van der Waals surface area contributed by atoms with Gasteiger partial charge < -0.3 is 10.2 Å². The number of amides is 1. The van der Waals surface area contributed by atoms with Crippen molar-refractivity contribution < 1.29 is 4.79 Å². The van der Waals surface area contributed by atoms with Crippen LogP contribution in [0.5, 0.6) is 0 Å². The smallest absolute Gasteiger partial charge is 0.236 e. The lowest BCUT2D eigenvalue weighted by molar-refractivity contribution is -0.130. The fourth-order valence-electron chi connectivity index (χ4n) is 2.63. The maximum absolute atomic E-state index is 11.8. The molecule has 0 aromatic carbocycles. The molecule has 0 saturated heterocycles. The van der Waals surface area contributed by atoms with Gasteiger partial charge in [-0.05, 0) is 38.5 Å². The average molecular weight is 240 g/mol. The van der Waals surface area contributed by atoms with E-state index in [0.29, 0.717) is 12.0 Å². The molecule has 1 N–H and O–H groups in total. The predicted octanol–water partition coefficient (Wildman–Crippen LogP) is 2.41. The van der Waals surface area contributed by atoms with Crippen molar-refractivity contribution in [3.05, 3.63) is 0 Å². The minimum absolute atomic E-state index is 0.198. The lowest BCUT2D eigenvalue weighted by atomic mass is 9.83. The van der Waals surface area contributed by atoms with Crippen LogP contribution in [0.25, 0.3) is 0 Å². The van der Waals surface area contributed by atoms with Gasteiger partial charge >= 0.3 is 0 Å². The zero-order chi connectivity index (χ0) is 12.9. The molecular formula is C14H28N2O. The molecule has 3 heteroatoms. The Balaban J connectivity index is 2.29. The summed E-state index contributed by atoms with van der Waals surface area (Å²) in [5.41, 5.74) is 0.469. The highest BCUT2D eigenvalue weighted by Crippen LogP contribution is 2.40. The Morgan fingerprint density at radius 2 is 1.94 bits per heavy atom. The number of hydrogen-bond donors (Lipinski definition) is 1. The first-order valence-electron chi connectivity index (χ1n) is 6.97. The number of carbonyl (C=O) groups is 1. The zero-order valence-corrected chi connectivity index (χ0v) is 11.9. The quantitative estimate of drug-likeness (QED) is 0.773. The molecule has 0 atom stereocenters. The van der Waals surface area contributed by atoms with Gasteiger partial charge in [-0.2, -0.15) is 0 Å². The summed E-state index contributed by atoms with van der Waals surface area (Å²) in [5, 5.41) is 3.36. The van der Waals surface area contributed by atoms with Gasteiger partial charge in [0, 0.05) is 19.6 Å². The first kappa shape index (κ1) is 14.5. The zero-order valence-electron chi connectivity index (χ0n) is 11.9. The fourth-order valence-corrected chi connectivity index (χ4v) is 2.63. The van der Waals surface area contributed by atoms with Crippen LogP contribution in [-0.4, -0.2) is 37.0 Å². The molecule has 0 aromatic rings. The third kappa shape index (κ3) is 3.98. The van der Waals surface area contributed by atoms with Crippen LogP contribution in [0.4, 0.5) is 0 Å². The van der Waals surface area contributed by atoms with Crippen molar-refractivity contribution >= 4 is 5.91 Å². The highest BCUT2D eigenvalue weighted by atomic mass is 16.2. The van der Waals surface area contributed by atoms with Gasteiger partial charge in [-0.25, -0.2) is 0 Å². The van der Waals surface area contributed by atoms with E-state index in [2.05, 4.69) is 12.2 Å². The average Bonchev–Trinajstić information content (AvgIpc) is 2.77. The maximum Gasteiger partial charge on any atom is 0.236 e. The minimum Gasteiger partial charge on any atom is -0.342 e. The summed E-state index contributed by atoms with van der Waals surface area (Å²) in [7, 11) is 1.87. The lowest BCUT2D eigenvalue weighted by Gasteiger charge is -2.28. The maximum atomic E-state index is 11.8. The van der Waals surface area contributed by atoms with Gasteiger partial charge in [0.2, 0.25) is 5.91 Å². The molecule has 1 amide bonds. The largest absolute Gasteiger partial charge is 0.342 e. The van der Waals surface area contributed by atoms with Crippen LogP contribution < -0.4 is 5.32 Å². The Labute approximate surface area is 106 Å². The molecule has 100 valence electrons. The summed E-state index contributed by atoms with van der Waals surface area (Å²) in [6, 6.07) is 0.288. The van der Waals surface area contributed by atoms with Gasteiger partial charge in [0.1, 0.15) is 0 Å². The third-order valence-corrected chi connectivity index (χ3v) is 4.36. The van der Waals surface area contributed by atoms with Crippen molar-refractivity contribution in [2.75, 3.05) is 20.1 Å². The molecule has 0 radical (unpaired) electrons. The third-order valence-electron chi connectivity index (χ3n) is 4.36. The molecule has 0 bridgehead atoms. The van der Waals surface area contributed by atoms with Crippen LogP contribution in [0, 0.1) is 5.41 Å². The van der Waals surface area contributed by atoms with Gasteiger partial charge in [0.25, 0.3) is 0 Å². The summed E-state index contributed by atoms with van der Waals surface area (Å²) in [6.07, 6.45) is 6.59. The monoisotopic (exact) mass is 240 g/mol. The van der Waals surface area contributed by atoms with Crippen LogP contribution >= 0.6 is 0 Å². The summed E-state index contributed by atoms with van der Waals surface area (Å²) >= 11 is 0. The molecule has 0 heterocycles. The number of rotatable bonds is 6. The van der Waals surface area contributed by atoms with E-state index < -0.39 is 0 Å². The lowest BCUT2D eigenvalue weighted by Crippen LogP contribution is -2.42. The molecular weight excluding hydrogens is 212 g/mol. The molecule has 1 saturated carbocycles. The predicted molar refractivity (Wildman–Crippen MR) is 72.0 cm³/mol. The summed E-state index contributed by atoms with van der Waals surface area (Å²) in [4.78, 5) is 13.6. The van der Waals surface area contributed by atoms with E-state index in [1.807, 2.05) is 20.9 Å². The van der Waals surface area contributed by atoms with Gasteiger partial charge in [0.15, 0.2) is 0 Å². The molecule has 1 aliphatic carbocycles. The topological polar surface area (TPSA) is 32.3 Å². The van der Waals surface area contributed by atoms with Crippen molar-refractivity contribution in [2.45, 2.75) is 58.9 Å². The van der Waals surface area contributed by atoms with Crippen LogP contribution in [0.1, 0.15) is 52.9 Å². The Kier molecular flexibility index (Phi) is 5.44. The Morgan fingerprint density at radius 1 is 1.35 bits per heavy atom. The molecule has 0 spiro atoms. The normalized spacial score (nSPS) is 18.6. The molecule has 0 aromatic heterocycles. The van der Waals surface area contributed by atoms with E-state index in [-0.39, 0.29) is 11.9 Å². The Bertz CT molecular complexity index is 245. The highest BCUT2D eigenvalue weighted by molar-refractivity contribution is 5.78. The van der Waals surface area contributed by atoms with Crippen LogP contribution in [0.2, 0.25) is 0 Å². The summed E-state index contributed by atoms with van der Waals surface area (Å²) < 4.78 is 0. The molecule has 17 heavy (non-hydrogen) atoms. The van der Waals surface area contributed by atoms with Crippen molar-refractivity contribution in [3.8, 4) is 0 Å². The van der Waals surface area contributed by atoms with Crippen LogP contribution in [0.15, 0.2) is 0 Å². The van der Waals surface area contributed by atoms with Crippen LogP contribution in [-0.2, 0) is 4.79 Å². The van der Waals surface area contributed by atoms with E-state index in [4.69, 9.17) is 0 Å². The first-order valence-corrected chi connectivity index (χ1v) is 6.97. The second-order valence-corrected chi connectivity index (χ2v) is 5.76. The number of hydrogen-bond acceptors (Lipinski definition) is 2. The van der Waals surface area contributed by atoms with Crippen LogP contribution in [0.3, 0.4) is 0 Å². The van der Waals surface area contributed by atoms with Gasteiger partial charge in [-0.15, -0.1) is 0 Å². The minimum atomic E-state index is 0.198. The number of nitrogens with one attached hydrogen (secondary N) is 1. The molecule has 3 nitrogen and oxygen atoms in total. The SMILES string of the molecule is CCC1(CNCC(=O)N(C)C(C)C)CCCC1. The van der Waals surface area contributed by atoms with Crippen molar-refractivity contribution in [2.24, 2.45) is 5.41 Å². The van der Waals surface area contributed by atoms with Crippen molar-refractivity contribution in [3.63, 3.8) is 0 Å².